The van der Waals surface area contributed by atoms with Crippen LogP contribution >= 0.6 is 11.6 Å². The number of nitrogens with zero attached hydrogens (tertiary/aromatic N) is 1. The molecule has 4 heteroatoms. The molecular formula is C10H14ClNO2. The molecule has 78 valence electrons. The van der Waals surface area contributed by atoms with Gasteiger partial charge in [-0.2, -0.15) is 0 Å². The summed E-state index contributed by atoms with van der Waals surface area (Å²) in [4.78, 5) is 4.34. The van der Waals surface area contributed by atoms with Crippen LogP contribution in [-0.2, 0) is 17.0 Å². The normalized spacial score (nSPS) is 21.7. The predicted octanol–water partition coefficient (Wildman–Crippen LogP) is 2.30. The number of hydrogen-bond donors (Lipinski definition) is 0. The maximum atomic E-state index is 5.70. The predicted molar refractivity (Wildman–Crippen MR) is 53.4 cm³/mol. The number of aromatic nitrogens is 1. The van der Waals surface area contributed by atoms with Crippen molar-refractivity contribution in [2.45, 2.75) is 25.6 Å². The lowest BCUT2D eigenvalue weighted by Crippen LogP contribution is -2.03. The van der Waals surface area contributed by atoms with E-state index in [1.165, 1.54) is 0 Å². The zero-order valence-corrected chi connectivity index (χ0v) is 9.01. The second-order valence-corrected chi connectivity index (χ2v) is 3.95. The summed E-state index contributed by atoms with van der Waals surface area (Å²) in [5, 5.41) is 0. The summed E-state index contributed by atoms with van der Waals surface area (Å²) in [5.41, 5.74) is 0.911. The monoisotopic (exact) mass is 215 g/mol. The van der Waals surface area contributed by atoms with Gasteiger partial charge in [0.15, 0.2) is 5.89 Å². The Labute approximate surface area is 88.4 Å². The first-order chi connectivity index (χ1) is 6.79. The van der Waals surface area contributed by atoms with Crippen LogP contribution in [0.5, 0.6) is 0 Å². The minimum atomic E-state index is 0.403. The van der Waals surface area contributed by atoms with Gasteiger partial charge in [-0.1, -0.05) is 0 Å². The Morgan fingerprint density at radius 1 is 1.57 bits per heavy atom. The Kier molecular flexibility index (Phi) is 3.08. The summed E-state index contributed by atoms with van der Waals surface area (Å²) in [6.07, 6.45) is 1.98. The Bertz CT molecular complexity index is 305. The molecule has 0 bridgehead atoms. The van der Waals surface area contributed by atoms with Crippen molar-refractivity contribution in [3.63, 3.8) is 0 Å². The molecule has 0 aliphatic carbocycles. The number of ether oxygens (including phenoxy) is 1. The Balaban J connectivity index is 2.01. The Morgan fingerprint density at radius 2 is 2.43 bits per heavy atom. The number of hydrogen-bond acceptors (Lipinski definition) is 3. The molecule has 1 aromatic heterocycles. The summed E-state index contributed by atoms with van der Waals surface area (Å²) in [6.45, 7) is 3.63. The topological polar surface area (TPSA) is 35.3 Å². The summed E-state index contributed by atoms with van der Waals surface area (Å²) in [6, 6.07) is 0. The van der Waals surface area contributed by atoms with Crippen molar-refractivity contribution >= 4 is 11.6 Å². The van der Waals surface area contributed by atoms with Crippen molar-refractivity contribution < 1.29 is 9.15 Å². The fraction of sp³-hybridized carbons (Fsp3) is 0.700. The quantitative estimate of drug-likeness (QED) is 0.726. The molecule has 0 N–H and O–H groups in total. The highest BCUT2D eigenvalue weighted by Crippen LogP contribution is 2.20. The lowest BCUT2D eigenvalue weighted by atomic mass is 10.1. The second kappa shape index (κ2) is 4.32. The van der Waals surface area contributed by atoms with Crippen LogP contribution in [0, 0.1) is 12.8 Å². The van der Waals surface area contributed by atoms with Gasteiger partial charge < -0.3 is 9.15 Å². The van der Waals surface area contributed by atoms with Crippen LogP contribution in [0.3, 0.4) is 0 Å². The van der Waals surface area contributed by atoms with E-state index in [-0.39, 0.29) is 0 Å². The van der Waals surface area contributed by atoms with Crippen LogP contribution in [0.25, 0.3) is 0 Å². The number of oxazole rings is 1. The van der Waals surface area contributed by atoms with Crippen molar-refractivity contribution in [2.75, 3.05) is 13.2 Å². The molecule has 0 spiro atoms. The van der Waals surface area contributed by atoms with Gasteiger partial charge in [0.25, 0.3) is 0 Å². The highest BCUT2D eigenvalue weighted by Gasteiger charge is 2.19. The standard InChI is InChI=1S/C10H14ClNO2/c1-7-9(5-11)14-10(12-7)4-8-2-3-13-6-8/h8H,2-6H2,1H3. The van der Waals surface area contributed by atoms with Gasteiger partial charge in [0, 0.05) is 19.6 Å². The van der Waals surface area contributed by atoms with Crippen LogP contribution in [0.15, 0.2) is 4.42 Å². The fourth-order valence-corrected chi connectivity index (χ4v) is 1.94. The zero-order valence-electron chi connectivity index (χ0n) is 8.25. The largest absolute Gasteiger partial charge is 0.444 e. The molecular weight excluding hydrogens is 202 g/mol. The third-order valence-electron chi connectivity index (χ3n) is 2.55. The number of rotatable bonds is 3. The SMILES string of the molecule is Cc1nc(CC2CCOC2)oc1CCl. The Hall–Kier alpha value is -0.540. The summed E-state index contributed by atoms with van der Waals surface area (Å²) in [7, 11) is 0. The molecule has 1 atom stereocenters. The maximum Gasteiger partial charge on any atom is 0.195 e. The summed E-state index contributed by atoms with van der Waals surface area (Å²) >= 11 is 5.70. The van der Waals surface area contributed by atoms with E-state index in [9.17, 15) is 0 Å². The van der Waals surface area contributed by atoms with Crippen LogP contribution in [0.1, 0.15) is 23.8 Å². The lowest BCUT2D eigenvalue weighted by molar-refractivity contribution is 0.184. The molecule has 0 saturated carbocycles. The van der Waals surface area contributed by atoms with Gasteiger partial charge in [-0.3, -0.25) is 0 Å². The molecule has 14 heavy (non-hydrogen) atoms. The highest BCUT2D eigenvalue weighted by atomic mass is 35.5. The molecule has 1 unspecified atom stereocenters. The van der Waals surface area contributed by atoms with E-state index in [1.54, 1.807) is 0 Å². The van der Waals surface area contributed by atoms with Gasteiger partial charge in [0.05, 0.1) is 11.6 Å². The van der Waals surface area contributed by atoms with Gasteiger partial charge in [0.2, 0.25) is 0 Å². The lowest BCUT2D eigenvalue weighted by Gasteiger charge is -2.01. The van der Waals surface area contributed by atoms with Crippen molar-refractivity contribution in [1.82, 2.24) is 4.98 Å². The molecule has 0 radical (unpaired) electrons. The molecule has 3 nitrogen and oxygen atoms in total. The van der Waals surface area contributed by atoms with Crippen molar-refractivity contribution in [1.29, 1.82) is 0 Å². The second-order valence-electron chi connectivity index (χ2n) is 3.68. The fourth-order valence-electron chi connectivity index (χ4n) is 1.69. The van der Waals surface area contributed by atoms with Crippen LogP contribution < -0.4 is 0 Å². The molecule has 0 amide bonds. The number of halogens is 1. The van der Waals surface area contributed by atoms with Crippen molar-refractivity contribution in [2.24, 2.45) is 5.92 Å². The van der Waals surface area contributed by atoms with Crippen molar-refractivity contribution in [3.8, 4) is 0 Å². The van der Waals surface area contributed by atoms with E-state index < -0.39 is 0 Å². The van der Waals surface area contributed by atoms with E-state index in [1.807, 2.05) is 6.92 Å². The summed E-state index contributed by atoms with van der Waals surface area (Å²) in [5.74, 6) is 2.56. The van der Waals surface area contributed by atoms with E-state index in [0.717, 1.165) is 43.4 Å². The number of alkyl halides is 1. The molecule has 1 aliphatic rings. The first-order valence-electron chi connectivity index (χ1n) is 4.88. The van der Waals surface area contributed by atoms with Gasteiger partial charge in [-0.15, -0.1) is 11.6 Å². The van der Waals surface area contributed by atoms with E-state index >= 15 is 0 Å². The van der Waals surface area contributed by atoms with Gasteiger partial charge in [-0.25, -0.2) is 4.98 Å². The Morgan fingerprint density at radius 3 is 3.00 bits per heavy atom. The first kappa shape index (κ1) is 9.99. The zero-order chi connectivity index (χ0) is 9.97. The third-order valence-corrected chi connectivity index (χ3v) is 2.79. The molecule has 1 saturated heterocycles. The average Bonchev–Trinajstić information content (AvgIpc) is 2.76. The molecule has 2 rings (SSSR count). The highest BCUT2D eigenvalue weighted by molar-refractivity contribution is 6.16. The molecule has 2 heterocycles. The maximum absolute atomic E-state index is 5.70. The molecule has 0 aromatic carbocycles. The van der Waals surface area contributed by atoms with E-state index in [2.05, 4.69) is 4.98 Å². The van der Waals surface area contributed by atoms with Crippen LogP contribution in [-0.4, -0.2) is 18.2 Å². The van der Waals surface area contributed by atoms with Gasteiger partial charge >= 0.3 is 0 Å². The van der Waals surface area contributed by atoms with Crippen LogP contribution in [0.2, 0.25) is 0 Å². The van der Waals surface area contributed by atoms with E-state index in [4.69, 9.17) is 20.8 Å². The molecule has 1 fully saturated rings. The summed E-state index contributed by atoms with van der Waals surface area (Å²) < 4.78 is 10.8. The van der Waals surface area contributed by atoms with Gasteiger partial charge in [-0.05, 0) is 19.3 Å². The minimum absolute atomic E-state index is 0.403. The third kappa shape index (κ3) is 2.10. The number of aryl methyl sites for hydroxylation is 1. The van der Waals surface area contributed by atoms with E-state index in [0.29, 0.717) is 11.8 Å². The van der Waals surface area contributed by atoms with Gasteiger partial charge in [0.1, 0.15) is 5.76 Å². The molecule has 1 aromatic rings. The minimum Gasteiger partial charge on any atom is -0.444 e. The van der Waals surface area contributed by atoms with Crippen molar-refractivity contribution in [3.05, 3.63) is 17.3 Å². The average molecular weight is 216 g/mol. The molecule has 1 aliphatic heterocycles. The first-order valence-corrected chi connectivity index (χ1v) is 5.42. The smallest absolute Gasteiger partial charge is 0.195 e. The van der Waals surface area contributed by atoms with Crippen LogP contribution in [0.4, 0.5) is 0 Å².